The number of benzene rings is 1. The molecule has 1 fully saturated rings. The summed E-state index contributed by atoms with van der Waals surface area (Å²) in [4.78, 5) is 32.3. The summed E-state index contributed by atoms with van der Waals surface area (Å²) in [6.07, 6.45) is 9.10. The molecule has 1 aromatic carbocycles. The third-order valence-electron chi connectivity index (χ3n) is 7.97. The van der Waals surface area contributed by atoms with Crippen molar-refractivity contribution in [3.05, 3.63) is 51.3 Å². The summed E-state index contributed by atoms with van der Waals surface area (Å²) in [6, 6.07) is 1.66. The van der Waals surface area contributed by atoms with Crippen molar-refractivity contribution in [1.29, 1.82) is 0 Å². The number of aryl methyl sites for hydroxylation is 2. The van der Waals surface area contributed by atoms with Crippen LogP contribution in [0.25, 0.3) is 4.95 Å². The molecule has 0 aromatic heterocycles. The van der Waals surface area contributed by atoms with E-state index in [1.54, 1.807) is 18.0 Å². The number of likely N-dealkylation sites (N-methyl/N-ethyl adjacent to an activating group) is 1. The molecule has 40 heavy (non-hydrogen) atoms. The quantitative estimate of drug-likeness (QED) is 0.345. The molecule has 11 heteroatoms. The topological polar surface area (TPSA) is 108 Å². The minimum atomic E-state index is -3.48. The Balaban J connectivity index is 1.44. The summed E-state index contributed by atoms with van der Waals surface area (Å²) >= 11 is 0. The number of nitrogens with one attached hydrogen (secondary N) is 2. The van der Waals surface area contributed by atoms with Crippen molar-refractivity contribution in [3.8, 4) is 0 Å². The second-order valence-corrected chi connectivity index (χ2v) is 14.0. The fraction of sp³-hybridized carbons (Fsp3) is 0.621. The number of nitrogens with zero attached hydrogens (tertiary/aromatic N) is 4. The van der Waals surface area contributed by atoms with E-state index < -0.39 is 27.1 Å². The number of carbonyl (C=O) groups excluding carboxylic acids is 2. The van der Waals surface area contributed by atoms with Gasteiger partial charge in [0.1, 0.15) is 5.60 Å². The van der Waals surface area contributed by atoms with E-state index in [-0.39, 0.29) is 6.09 Å². The number of hydrogen-bond donors (Lipinski definition) is 2. The number of ether oxygens (including phenoxy) is 1. The fourth-order valence-corrected chi connectivity index (χ4v) is 7.00. The van der Waals surface area contributed by atoms with Crippen molar-refractivity contribution in [2.24, 2.45) is 4.47 Å². The van der Waals surface area contributed by atoms with E-state index >= 15 is 0 Å². The monoisotopic (exact) mass is 570 g/mol. The van der Waals surface area contributed by atoms with Gasteiger partial charge in [-0.15, -0.1) is 4.95 Å². The first-order valence-corrected chi connectivity index (χ1v) is 15.7. The molecule has 1 aliphatic heterocycles. The van der Waals surface area contributed by atoms with E-state index in [9.17, 15) is 13.8 Å². The lowest BCUT2D eigenvalue weighted by atomic mass is 9.99. The van der Waals surface area contributed by atoms with E-state index in [1.165, 1.54) is 27.7 Å². The summed E-state index contributed by atoms with van der Waals surface area (Å²) in [5, 5.41) is 4.34. The molecular weight excluding hydrogens is 528 g/mol. The van der Waals surface area contributed by atoms with Crippen molar-refractivity contribution < 1.29 is 18.5 Å². The molecule has 0 saturated carbocycles. The molecule has 2 atom stereocenters. The first-order valence-electron chi connectivity index (χ1n) is 14.1. The van der Waals surface area contributed by atoms with E-state index in [1.807, 2.05) is 27.7 Å². The van der Waals surface area contributed by atoms with Crippen molar-refractivity contribution >= 4 is 27.7 Å². The number of urea groups is 1. The zero-order valence-electron chi connectivity index (χ0n) is 24.3. The summed E-state index contributed by atoms with van der Waals surface area (Å²) in [7, 11) is -1.78. The van der Waals surface area contributed by atoms with Gasteiger partial charge in [-0.1, -0.05) is 12.1 Å². The van der Waals surface area contributed by atoms with Crippen LogP contribution < -0.4 is 10.0 Å². The molecule has 4 rings (SSSR count). The van der Waals surface area contributed by atoms with Crippen LogP contribution in [0.2, 0.25) is 0 Å². The molecule has 2 N–H and O–H groups in total. The molecule has 10 nitrogen and oxygen atoms in total. The van der Waals surface area contributed by atoms with Crippen molar-refractivity contribution in [3.63, 3.8) is 0 Å². The smallest absolute Gasteiger partial charge is 0.410 e. The number of amides is 3. The predicted octanol–water partition coefficient (Wildman–Crippen LogP) is 5.24. The second kappa shape index (κ2) is 11.8. The van der Waals surface area contributed by atoms with Gasteiger partial charge in [0, 0.05) is 36.8 Å². The Hall–Kier alpha value is -3.10. The van der Waals surface area contributed by atoms with Crippen LogP contribution in [0.1, 0.15) is 75.6 Å². The summed E-state index contributed by atoms with van der Waals surface area (Å²) in [6.45, 7) is 16.6. The predicted molar refractivity (Wildman–Crippen MR) is 157 cm³/mol. The van der Waals surface area contributed by atoms with Crippen LogP contribution in [-0.4, -0.2) is 64.0 Å². The molecular formula is C29H42N6O4S. The molecule has 1 unspecified atom stereocenters. The molecule has 1 aromatic rings. The Bertz CT molecular complexity index is 1320. The van der Waals surface area contributed by atoms with Gasteiger partial charge in [-0.05, 0) is 108 Å². The average Bonchev–Trinajstić information content (AvgIpc) is 3.60. The highest BCUT2D eigenvalue weighted by Crippen LogP contribution is 2.38. The Morgan fingerprint density at radius 3 is 2.45 bits per heavy atom. The third kappa shape index (κ3) is 6.96. The number of anilines is 1. The summed E-state index contributed by atoms with van der Waals surface area (Å²) < 4.78 is 25.2. The van der Waals surface area contributed by atoms with Crippen molar-refractivity contribution in [1.82, 2.24) is 14.5 Å². The van der Waals surface area contributed by atoms with E-state index in [2.05, 4.69) is 30.4 Å². The lowest BCUT2D eigenvalue weighted by molar-refractivity contribution is 0.0274. The van der Waals surface area contributed by atoms with E-state index in [0.29, 0.717) is 13.1 Å². The van der Waals surface area contributed by atoms with Crippen LogP contribution in [-0.2, 0) is 40.3 Å². The van der Waals surface area contributed by atoms with Gasteiger partial charge in [-0.3, -0.25) is 4.90 Å². The SMILES string of the molecule is [C-]#[N+]N=S(=O)(/C=C/[C@]1(C)CCCN1CCN(C)C(=O)OC(C)(C)C)NC(=O)Nc1c2c(cc3c1CCC3)CCC2. The van der Waals surface area contributed by atoms with Gasteiger partial charge in [0.2, 0.25) is 9.92 Å². The van der Waals surface area contributed by atoms with E-state index in [4.69, 9.17) is 11.3 Å². The molecule has 0 radical (unpaired) electrons. The number of fused-ring (bicyclic) bond motifs is 2. The second-order valence-electron chi connectivity index (χ2n) is 12.2. The maximum absolute atomic E-state index is 13.6. The molecule has 3 aliphatic rings. The first kappa shape index (κ1) is 29.9. The lowest BCUT2D eigenvalue weighted by Gasteiger charge is -2.34. The minimum Gasteiger partial charge on any atom is -0.444 e. The number of hydrogen-bond acceptors (Lipinski definition) is 6. The van der Waals surface area contributed by atoms with Crippen LogP contribution in [0.15, 0.2) is 22.0 Å². The Labute approximate surface area is 238 Å². The zero-order chi connectivity index (χ0) is 29.1. The maximum atomic E-state index is 13.6. The van der Waals surface area contributed by atoms with Crippen molar-refractivity contribution in [2.75, 3.05) is 32.0 Å². The van der Waals surface area contributed by atoms with Gasteiger partial charge in [0.25, 0.3) is 0 Å². The third-order valence-corrected chi connectivity index (χ3v) is 9.28. The average molecular weight is 571 g/mol. The van der Waals surface area contributed by atoms with Gasteiger partial charge in [-0.2, -0.15) is 6.57 Å². The number of rotatable bonds is 7. The van der Waals surface area contributed by atoms with Gasteiger partial charge in [-0.25, -0.2) is 18.5 Å². The summed E-state index contributed by atoms with van der Waals surface area (Å²) in [5.74, 6) is 0. The van der Waals surface area contributed by atoms with Crippen LogP contribution in [0.3, 0.4) is 0 Å². The number of carbonyl (C=O) groups is 2. The number of likely N-dealkylation sites (tertiary alicyclic amines) is 1. The normalized spacial score (nSPS) is 21.8. The highest BCUT2D eigenvalue weighted by molar-refractivity contribution is 7.95. The lowest BCUT2D eigenvalue weighted by Crippen LogP contribution is -2.45. The Morgan fingerprint density at radius 2 is 1.85 bits per heavy atom. The van der Waals surface area contributed by atoms with Crippen LogP contribution >= 0.6 is 0 Å². The van der Waals surface area contributed by atoms with Gasteiger partial charge in [0.05, 0.1) is 0 Å². The van der Waals surface area contributed by atoms with Gasteiger partial charge >= 0.3 is 12.1 Å². The first-order chi connectivity index (χ1) is 18.8. The molecule has 0 spiro atoms. The van der Waals surface area contributed by atoms with Crippen LogP contribution in [0.5, 0.6) is 0 Å². The molecule has 218 valence electrons. The maximum Gasteiger partial charge on any atom is 0.410 e. The van der Waals surface area contributed by atoms with Crippen LogP contribution in [0, 0.1) is 6.57 Å². The fourth-order valence-electron chi connectivity index (χ4n) is 5.92. The molecule has 0 bridgehead atoms. The highest BCUT2D eigenvalue weighted by atomic mass is 32.2. The molecule has 1 heterocycles. The molecule has 2 aliphatic carbocycles. The van der Waals surface area contributed by atoms with E-state index in [0.717, 1.165) is 63.6 Å². The van der Waals surface area contributed by atoms with Gasteiger partial charge in [0.15, 0.2) is 4.47 Å². The molecule has 3 amide bonds. The largest absolute Gasteiger partial charge is 0.444 e. The van der Waals surface area contributed by atoms with Crippen molar-refractivity contribution in [2.45, 2.75) is 90.2 Å². The van der Waals surface area contributed by atoms with Gasteiger partial charge < -0.3 is 15.0 Å². The van der Waals surface area contributed by atoms with Crippen LogP contribution in [0.4, 0.5) is 15.3 Å². The summed E-state index contributed by atoms with van der Waals surface area (Å²) in [5.41, 5.74) is 4.73. The standard InChI is InChI=1S/C29H42N6O4S/c1-28(2,3)39-27(37)34(6)17-18-35-16-9-14-29(35,4)15-19-40(38,33-30-5)32-26(36)31-25-23-12-7-10-21(23)20-22-11-8-13-24(22)25/h15,19-20H,7-14,16-18H2,1-4,6H3,(H2,31,32,33,36,38)/b19-15+/t29-,40?/m0/s1. The Morgan fingerprint density at radius 1 is 1.20 bits per heavy atom. The zero-order valence-corrected chi connectivity index (χ0v) is 25.2. The minimum absolute atomic E-state index is 0.382. The highest BCUT2D eigenvalue weighted by Gasteiger charge is 2.35. The Kier molecular flexibility index (Phi) is 8.80. The molecule has 1 saturated heterocycles.